The molecule has 0 spiro atoms. The standard InChI is InChI=1S/C14H19NO5S/c1-9-6-11(13(16)17)7-12(10(9)2)21(19,20)15-8-14(18)4-3-5-14/h6-7,15,18H,3-5,8H2,1-2H3,(H,16,17). The van der Waals surface area contributed by atoms with Gasteiger partial charge < -0.3 is 10.2 Å². The first-order chi connectivity index (χ1) is 9.65. The number of nitrogens with one attached hydrogen (secondary N) is 1. The minimum Gasteiger partial charge on any atom is -0.478 e. The Morgan fingerprint density at radius 3 is 2.43 bits per heavy atom. The number of hydrogen-bond acceptors (Lipinski definition) is 4. The van der Waals surface area contributed by atoms with Gasteiger partial charge in [-0.15, -0.1) is 0 Å². The first-order valence-electron chi connectivity index (χ1n) is 6.71. The van der Waals surface area contributed by atoms with Gasteiger partial charge in [0.1, 0.15) is 0 Å². The first kappa shape index (κ1) is 15.9. The van der Waals surface area contributed by atoms with Crippen molar-refractivity contribution in [1.29, 1.82) is 0 Å². The number of aliphatic hydroxyl groups is 1. The van der Waals surface area contributed by atoms with Gasteiger partial charge in [-0.2, -0.15) is 0 Å². The van der Waals surface area contributed by atoms with Crippen LogP contribution in [0.2, 0.25) is 0 Å². The number of carboxylic acid groups (broad SMARTS) is 1. The van der Waals surface area contributed by atoms with E-state index in [0.717, 1.165) is 12.5 Å². The molecule has 0 bridgehead atoms. The minimum absolute atomic E-state index is 0.0505. The molecular weight excluding hydrogens is 294 g/mol. The lowest BCUT2D eigenvalue weighted by Crippen LogP contribution is -2.47. The molecule has 0 unspecified atom stereocenters. The summed E-state index contributed by atoms with van der Waals surface area (Å²) in [7, 11) is -3.85. The molecule has 0 radical (unpaired) electrons. The fraction of sp³-hybridized carbons (Fsp3) is 0.500. The van der Waals surface area contributed by atoms with Crippen LogP contribution in [0.4, 0.5) is 0 Å². The van der Waals surface area contributed by atoms with Crippen molar-refractivity contribution in [3.8, 4) is 0 Å². The highest BCUT2D eigenvalue weighted by Gasteiger charge is 2.35. The molecule has 116 valence electrons. The van der Waals surface area contributed by atoms with Crippen LogP contribution in [0, 0.1) is 13.8 Å². The number of sulfonamides is 1. The third-order valence-electron chi connectivity index (χ3n) is 4.03. The molecule has 0 heterocycles. The van der Waals surface area contributed by atoms with Crippen molar-refractivity contribution < 1.29 is 23.4 Å². The van der Waals surface area contributed by atoms with Crippen LogP contribution in [0.15, 0.2) is 17.0 Å². The van der Waals surface area contributed by atoms with E-state index in [9.17, 15) is 18.3 Å². The normalized spacial score (nSPS) is 17.3. The minimum atomic E-state index is -3.85. The molecule has 6 nitrogen and oxygen atoms in total. The van der Waals surface area contributed by atoms with Crippen LogP contribution in [-0.2, 0) is 10.0 Å². The van der Waals surface area contributed by atoms with E-state index in [0.29, 0.717) is 24.0 Å². The number of aryl methyl sites for hydroxylation is 1. The second-order valence-electron chi connectivity index (χ2n) is 5.62. The third-order valence-corrected chi connectivity index (χ3v) is 5.56. The summed E-state index contributed by atoms with van der Waals surface area (Å²) >= 11 is 0. The van der Waals surface area contributed by atoms with E-state index >= 15 is 0 Å². The Morgan fingerprint density at radius 1 is 1.33 bits per heavy atom. The fourth-order valence-corrected chi connectivity index (χ4v) is 3.76. The van der Waals surface area contributed by atoms with Crippen LogP contribution < -0.4 is 4.72 Å². The molecule has 0 amide bonds. The molecular formula is C14H19NO5S. The van der Waals surface area contributed by atoms with E-state index in [1.54, 1.807) is 13.8 Å². The second-order valence-corrected chi connectivity index (χ2v) is 7.36. The van der Waals surface area contributed by atoms with Gasteiger partial charge in [0.15, 0.2) is 0 Å². The molecule has 3 N–H and O–H groups in total. The Morgan fingerprint density at radius 2 is 1.95 bits per heavy atom. The maximum atomic E-state index is 12.4. The molecule has 7 heteroatoms. The van der Waals surface area contributed by atoms with Crippen molar-refractivity contribution in [1.82, 2.24) is 4.72 Å². The van der Waals surface area contributed by atoms with Crippen LogP contribution in [0.3, 0.4) is 0 Å². The van der Waals surface area contributed by atoms with Gasteiger partial charge in [-0.3, -0.25) is 0 Å². The smallest absolute Gasteiger partial charge is 0.335 e. The summed E-state index contributed by atoms with van der Waals surface area (Å²) in [5.74, 6) is -1.17. The second kappa shape index (κ2) is 5.40. The molecule has 1 aliphatic rings. The summed E-state index contributed by atoms with van der Waals surface area (Å²) < 4.78 is 27.1. The zero-order valence-corrected chi connectivity index (χ0v) is 12.8. The molecule has 1 aromatic carbocycles. The van der Waals surface area contributed by atoms with E-state index < -0.39 is 21.6 Å². The Balaban J connectivity index is 2.32. The molecule has 0 aliphatic heterocycles. The highest BCUT2D eigenvalue weighted by atomic mass is 32.2. The summed E-state index contributed by atoms with van der Waals surface area (Å²) in [5, 5.41) is 19.0. The van der Waals surface area contributed by atoms with E-state index in [4.69, 9.17) is 5.11 Å². The fourth-order valence-electron chi connectivity index (χ4n) is 2.30. The zero-order chi connectivity index (χ0) is 15.8. The molecule has 1 aromatic rings. The molecule has 0 atom stereocenters. The van der Waals surface area contributed by atoms with Gasteiger partial charge in [-0.05, 0) is 56.4 Å². The van der Waals surface area contributed by atoms with Crippen molar-refractivity contribution in [2.24, 2.45) is 0 Å². The van der Waals surface area contributed by atoms with Crippen molar-refractivity contribution in [3.05, 3.63) is 28.8 Å². The highest BCUT2D eigenvalue weighted by Crippen LogP contribution is 2.31. The van der Waals surface area contributed by atoms with Crippen LogP contribution >= 0.6 is 0 Å². The average molecular weight is 313 g/mol. The van der Waals surface area contributed by atoms with Crippen molar-refractivity contribution in [3.63, 3.8) is 0 Å². The van der Waals surface area contributed by atoms with Crippen LogP contribution in [0.5, 0.6) is 0 Å². The molecule has 21 heavy (non-hydrogen) atoms. The summed E-state index contributed by atoms with van der Waals surface area (Å²) in [6.07, 6.45) is 2.02. The Hall–Kier alpha value is -1.44. The van der Waals surface area contributed by atoms with Gasteiger partial charge in [-0.1, -0.05) is 0 Å². The zero-order valence-electron chi connectivity index (χ0n) is 12.0. The number of benzene rings is 1. The van der Waals surface area contributed by atoms with Gasteiger partial charge in [-0.25, -0.2) is 17.9 Å². The summed E-state index contributed by atoms with van der Waals surface area (Å²) in [5.41, 5.74) is 0.0621. The molecule has 0 saturated heterocycles. The number of carbonyl (C=O) groups is 1. The van der Waals surface area contributed by atoms with E-state index in [1.807, 2.05) is 0 Å². The maximum absolute atomic E-state index is 12.4. The maximum Gasteiger partial charge on any atom is 0.335 e. The quantitative estimate of drug-likeness (QED) is 0.757. The predicted octanol–water partition coefficient (Wildman–Crippen LogP) is 1.19. The number of hydrogen-bond donors (Lipinski definition) is 3. The molecule has 1 aliphatic carbocycles. The SMILES string of the molecule is Cc1cc(C(=O)O)cc(S(=O)(=O)NCC2(O)CCC2)c1C. The first-order valence-corrected chi connectivity index (χ1v) is 8.19. The molecule has 2 rings (SSSR count). The Kier molecular flexibility index (Phi) is 4.10. The van der Waals surface area contributed by atoms with Gasteiger partial charge in [0, 0.05) is 6.54 Å². The lowest BCUT2D eigenvalue weighted by atomic mass is 9.81. The average Bonchev–Trinajstić information content (AvgIpc) is 2.36. The Bertz CT molecular complexity index is 677. The summed E-state index contributed by atoms with van der Waals surface area (Å²) in [4.78, 5) is 11.0. The summed E-state index contributed by atoms with van der Waals surface area (Å²) in [6, 6.07) is 2.59. The lowest BCUT2D eigenvalue weighted by Gasteiger charge is -2.36. The molecule has 1 saturated carbocycles. The lowest BCUT2D eigenvalue weighted by molar-refractivity contribution is -0.0271. The predicted molar refractivity (Wildman–Crippen MR) is 76.9 cm³/mol. The number of carboxylic acids is 1. The van der Waals surface area contributed by atoms with Gasteiger partial charge in [0.05, 0.1) is 16.1 Å². The van der Waals surface area contributed by atoms with Gasteiger partial charge in [0.2, 0.25) is 10.0 Å². The highest BCUT2D eigenvalue weighted by molar-refractivity contribution is 7.89. The molecule has 1 fully saturated rings. The van der Waals surface area contributed by atoms with Gasteiger partial charge >= 0.3 is 5.97 Å². The van der Waals surface area contributed by atoms with Crippen LogP contribution in [-0.4, -0.2) is 36.7 Å². The largest absolute Gasteiger partial charge is 0.478 e. The van der Waals surface area contributed by atoms with E-state index in [1.165, 1.54) is 6.07 Å². The monoisotopic (exact) mass is 313 g/mol. The van der Waals surface area contributed by atoms with Crippen LogP contribution in [0.25, 0.3) is 0 Å². The van der Waals surface area contributed by atoms with Crippen LogP contribution in [0.1, 0.15) is 40.7 Å². The van der Waals surface area contributed by atoms with Crippen molar-refractivity contribution in [2.75, 3.05) is 6.54 Å². The van der Waals surface area contributed by atoms with Crippen molar-refractivity contribution >= 4 is 16.0 Å². The van der Waals surface area contributed by atoms with E-state index in [-0.39, 0.29) is 17.0 Å². The number of aromatic carboxylic acids is 1. The van der Waals surface area contributed by atoms with Crippen molar-refractivity contribution in [2.45, 2.75) is 43.6 Å². The Labute approximate surface area is 123 Å². The topological polar surface area (TPSA) is 104 Å². The summed E-state index contributed by atoms with van der Waals surface area (Å²) in [6.45, 7) is 3.25. The van der Waals surface area contributed by atoms with Gasteiger partial charge in [0.25, 0.3) is 0 Å². The third kappa shape index (κ3) is 3.25. The molecule has 0 aromatic heterocycles. The van der Waals surface area contributed by atoms with E-state index in [2.05, 4.69) is 4.72 Å². The number of rotatable bonds is 5.